The molecule has 4 aromatic rings. The van der Waals surface area contributed by atoms with Crippen LogP contribution in [-0.2, 0) is 6.42 Å². The molecule has 1 aliphatic rings. The summed E-state index contributed by atoms with van der Waals surface area (Å²) in [7, 11) is 0. The highest BCUT2D eigenvalue weighted by molar-refractivity contribution is 5.92. The summed E-state index contributed by atoms with van der Waals surface area (Å²) >= 11 is 0. The molecule has 0 bridgehead atoms. The van der Waals surface area contributed by atoms with Crippen molar-refractivity contribution in [3.8, 4) is 11.3 Å². The number of rotatable bonds is 5. The lowest BCUT2D eigenvalue weighted by atomic mass is 9.98. The van der Waals surface area contributed by atoms with Crippen LogP contribution in [0.4, 0.5) is 8.78 Å². The Morgan fingerprint density at radius 1 is 1.09 bits per heavy atom. The molecule has 1 saturated heterocycles. The fourth-order valence-corrected chi connectivity index (χ4v) is 4.12. The number of hydrogen-bond donors (Lipinski definition) is 0. The first-order chi connectivity index (χ1) is 16.0. The Hall–Kier alpha value is -3.81. The third kappa shape index (κ3) is 4.69. The molecule has 1 aliphatic heterocycles. The molecule has 0 radical (unpaired) electrons. The normalized spacial score (nSPS) is 16.2. The topological polar surface area (TPSA) is 72.4 Å². The lowest BCUT2D eigenvalue weighted by Crippen LogP contribution is -2.39. The summed E-state index contributed by atoms with van der Waals surface area (Å²) in [5, 5.41) is 3.92. The molecule has 1 fully saturated rings. The Morgan fingerprint density at radius 2 is 1.91 bits per heavy atom. The first kappa shape index (κ1) is 21.1. The third-order valence-corrected chi connectivity index (χ3v) is 5.74. The molecule has 0 spiro atoms. The number of likely N-dealkylation sites (tertiary alicyclic amines) is 1. The summed E-state index contributed by atoms with van der Waals surface area (Å²) < 4.78 is 38.1. The Kier molecular flexibility index (Phi) is 5.73. The average molecular weight is 449 g/mol. The van der Waals surface area contributed by atoms with E-state index in [4.69, 9.17) is 8.94 Å². The lowest BCUT2D eigenvalue weighted by molar-refractivity contribution is 0.0656. The predicted molar refractivity (Wildman–Crippen MR) is 115 cm³/mol. The summed E-state index contributed by atoms with van der Waals surface area (Å²) in [4.78, 5) is 19.1. The van der Waals surface area contributed by atoms with Gasteiger partial charge in [-0.15, -0.1) is 0 Å². The zero-order valence-corrected chi connectivity index (χ0v) is 17.7. The van der Waals surface area contributed by atoms with Crippen LogP contribution in [0.1, 0.15) is 46.5 Å². The molecule has 1 atom stereocenters. The SMILES string of the molecule is O=C(c1cc(-c2cccc(F)c2)no1)N1CCC[C@H](c2ncc(Cc3cccc(F)c3)o2)C1. The van der Waals surface area contributed by atoms with Crippen molar-refractivity contribution in [2.24, 2.45) is 0 Å². The van der Waals surface area contributed by atoms with E-state index in [1.54, 1.807) is 29.3 Å². The quantitative estimate of drug-likeness (QED) is 0.418. The van der Waals surface area contributed by atoms with E-state index in [0.29, 0.717) is 42.4 Å². The second kappa shape index (κ2) is 8.97. The number of carbonyl (C=O) groups excluding carboxylic acids is 1. The fourth-order valence-electron chi connectivity index (χ4n) is 4.12. The molecule has 2 aromatic carbocycles. The number of halogens is 2. The number of amides is 1. The third-order valence-electron chi connectivity index (χ3n) is 5.74. The maximum atomic E-state index is 13.5. The average Bonchev–Trinajstić information content (AvgIpc) is 3.49. The number of nitrogens with zero attached hydrogens (tertiary/aromatic N) is 3. The van der Waals surface area contributed by atoms with Crippen LogP contribution in [0.25, 0.3) is 11.3 Å². The molecule has 6 nitrogen and oxygen atoms in total. The number of aromatic nitrogens is 2. The van der Waals surface area contributed by atoms with Gasteiger partial charge in [-0.25, -0.2) is 13.8 Å². The van der Waals surface area contributed by atoms with Gasteiger partial charge in [-0.05, 0) is 42.7 Å². The van der Waals surface area contributed by atoms with Crippen molar-refractivity contribution in [2.75, 3.05) is 13.1 Å². The standard InChI is InChI=1S/C25H21F2N3O3/c26-19-7-1-4-16(10-19)11-21-14-28-24(32-21)18-6-3-9-30(15-18)25(31)23-13-22(29-33-23)17-5-2-8-20(27)12-17/h1-2,4-5,7-8,10,12-14,18H,3,6,9,11,15H2/t18-/m0/s1. The molecule has 2 aromatic heterocycles. The highest BCUT2D eigenvalue weighted by atomic mass is 19.1. The molecule has 33 heavy (non-hydrogen) atoms. The van der Waals surface area contributed by atoms with E-state index in [9.17, 15) is 13.6 Å². The molecule has 0 aliphatic carbocycles. The van der Waals surface area contributed by atoms with Crippen molar-refractivity contribution in [2.45, 2.75) is 25.2 Å². The van der Waals surface area contributed by atoms with Gasteiger partial charge in [0.2, 0.25) is 5.76 Å². The Labute approximate surface area is 188 Å². The summed E-state index contributed by atoms with van der Waals surface area (Å²) in [6.07, 6.45) is 3.74. The summed E-state index contributed by atoms with van der Waals surface area (Å²) in [5.41, 5.74) is 1.75. The van der Waals surface area contributed by atoms with Crippen LogP contribution in [-0.4, -0.2) is 34.0 Å². The monoisotopic (exact) mass is 449 g/mol. The van der Waals surface area contributed by atoms with Crippen molar-refractivity contribution in [1.82, 2.24) is 15.0 Å². The van der Waals surface area contributed by atoms with Gasteiger partial charge in [0.05, 0.1) is 12.1 Å². The molecule has 0 N–H and O–H groups in total. The van der Waals surface area contributed by atoms with Gasteiger partial charge in [-0.1, -0.05) is 29.4 Å². The van der Waals surface area contributed by atoms with Gasteiger partial charge >= 0.3 is 0 Å². The van der Waals surface area contributed by atoms with E-state index in [1.807, 2.05) is 6.07 Å². The highest BCUT2D eigenvalue weighted by Gasteiger charge is 2.30. The largest absolute Gasteiger partial charge is 0.445 e. The van der Waals surface area contributed by atoms with E-state index in [1.165, 1.54) is 30.3 Å². The zero-order chi connectivity index (χ0) is 22.8. The maximum Gasteiger partial charge on any atom is 0.292 e. The van der Waals surface area contributed by atoms with E-state index in [2.05, 4.69) is 10.1 Å². The first-order valence-corrected chi connectivity index (χ1v) is 10.8. The Balaban J connectivity index is 1.26. The van der Waals surface area contributed by atoms with Crippen LogP contribution in [0, 0.1) is 11.6 Å². The Morgan fingerprint density at radius 3 is 2.73 bits per heavy atom. The molecular weight excluding hydrogens is 428 g/mol. The van der Waals surface area contributed by atoms with Crippen LogP contribution < -0.4 is 0 Å². The van der Waals surface area contributed by atoms with Crippen LogP contribution >= 0.6 is 0 Å². The van der Waals surface area contributed by atoms with Crippen LogP contribution in [0.5, 0.6) is 0 Å². The predicted octanol–water partition coefficient (Wildman–Crippen LogP) is 5.22. The second-order valence-corrected chi connectivity index (χ2v) is 8.15. The second-order valence-electron chi connectivity index (χ2n) is 8.15. The van der Waals surface area contributed by atoms with E-state index < -0.39 is 0 Å². The van der Waals surface area contributed by atoms with Crippen LogP contribution in [0.3, 0.4) is 0 Å². The Bertz CT molecular complexity index is 1280. The van der Waals surface area contributed by atoms with Gasteiger partial charge in [0, 0.05) is 31.1 Å². The van der Waals surface area contributed by atoms with Gasteiger partial charge in [-0.2, -0.15) is 0 Å². The fraction of sp³-hybridized carbons (Fsp3) is 0.240. The lowest BCUT2D eigenvalue weighted by Gasteiger charge is -2.30. The summed E-state index contributed by atoms with van der Waals surface area (Å²) in [6.45, 7) is 1.02. The molecule has 168 valence electrons. The number of hydrogen-bond acceptors (Lipinski definition) is 5. The molecule has 1 amide bonds. The molecule has 3 heterocycles. The molecule has 0 saturated carbocycles. The minimum atomic E-state index is -0.384. The van der Waals surface area contributed by atoms with Crippen molar-refractivity contribution in [3.63, 3.8) is 0 Å². The van der Waals surface area contributed by atoms with E-state index >= 15 is 0 Å². The minimum absolute atomic E-state index is 0.0467. The van der Waals surface area contributed by atoms with Crippen molar-refractivity contribution < 1.29 is 22.5 Å². The number of benzene rings is 2. The highest BCUT2D eigenvalue weighted by Crippen LogP contribution is 2.29. The van der Waals surface area contributed by atoms with E-state index in [-0.39, 0.29) is 29.2 Å². The molecular formula is C25H21F2N3O3. The molecule has 5 rings (SSSR count). The number of oxazole rings is 1. The van der Waals surface area contributed by atoms with Crippen LogP contribution in [0.15, 0.2) is 69.7 Å². The zero-order valence-electron chi connectivity index (χ0n) is 17.7. The molecule has 0 unspecified atom stereocenters. The first-order valence-electron chi connectivity index (χ1n) is 10.8. The van der Waals surface area contributed by atoms with Crippen molar-refractivity contribution in [1.29, 1.82) is 0 Å². The van der Waals surface area contributed by atoms with Gasteiger partial charge < -0.3 is 13.8 Å². The van der Waals surface area contributed by atoms with E-state index in [0.717, 1.165) is 18.4 Å². The smallest absolute Gasteiger partial charge is 0.292 e. The van der Waals surface area contributed by atoms with Gasteiger partial charge in [0.25, 0.3) is 5.91 Å². The summed E-state index contributed by atoms with van der Waals surface area (Å²) in [6, 6.07) is 13.9. The van der Waals surface area contributed by atoms with Gasteiger partial charge in [0.1, 0.15) is 23.1 Å². The van der Waals surface area contributed by atoms with Crippen molar-refractivity contribution >= 4 is 5.91 Å². The minimum Gasteiger partial charge on any atom is -0.445 e. The summed E-state index contributed by atoms with van der Waals surface area (Å²) in [5.74, 6) is 0.322. The van der Waals surface area contributed by atoms with Gasteiger partial charge in [-0.3, -0.25) is 4.79 Å². The number of carbonyl (C=O) groups is 1. The van der Waals surface area contributed by atoms with Gasteiger partial charge in [0.15, 0.2) is 5.89 Å². The molecule has 8 heteroatoms. The number of piperidine rings is 1. The van der Waals surface area contributed by atoms with Crippen LogP contribution in [0.2, 0.25) is 0 Å². The maximum absolute atomic E-state index is 13.5. The van der Waals surface area contributed by atoms with Crippen molar-refractivity contribution in [3.05, 3.63) is 95.4 Å².